The van der Waals surface area contributed by atoms with Crippen LogP contribution in [0.25, 0.3) is 22.6 Å². The summed E-state index contributed by atoms with van der Waals surface area (Å²) in [6.45, 7) is 1.80. The number of hydrogen-bond acceptors (Lipinski definition) is 7. The molecule has 0 radical (unpaired) electrons. The molecule has 5 rings (SSSR count). The van der Waals surface area contributed by atoms with Gasteiger partial charge in [-0.05, 0) is 53.9 Å². The molecule has 4 aromatic rings. The molecule has 1 aliphatic carbocycles. The van der Waals surface area contributed by atoms with Crippen LogP contribution < -0.4 is 15.4 Å². The summed E-state index contributed by atoms with van der Waals surface area (Å²) >= 11 is 2.01. The number of nitrogens with zero attached hydrogens (tertiary/aromatic N) is 6. The maximum absolute atomic E-state index is 13.8. The van der Waals surface area contributed by atoms with E-state index in [1.165, 1.54) is 11.4 Å². The minimum atomic E-state index is -2.78. The smallest absolute Gasteiger partial charge is 0.295 e. The van der Waals surface area contributed by atoms with Gasteiger partial charge in [-0.15, -0.1) is 0 Å². The van der Waals surface area contributed by atoms with Crippen LogP contribution in [0.15, 0.2) is 24.3 Å². The van der Waals surface area contributed by atoms with E-state index in [1.807, 2.05) is 34.2 Å². The Morgan fingerprint density at radius 3 is 2.64 bits per heavy atom. The van der Waals surface area contributed by atoms with Crippen molar-refractivity contribution in [2.24, 2.45) is 13.0 Å². The first kappa shape index (κ1) is 24.8. The SMILES string of the molecule is COc1c(Nc2cc(NC(=O)C3CC3)nc3c2nc(C(F)F)n3PI)cccc1-c1nc(C)nn1C. The van der Waals surface area contributed by atoms with Crippen LogP contribution in [-0.2, 0) is 11.8 Å². The second-order valence-corrected chi connectivity index (χ2v) is 10.4. The first-order valence-corrected chi connectivity index (χ1v) is 15.1. The largest absolute Gasteiger partial charge is 0.494 e. The van der Waals surface area contributed by atoms with Gasteiger partial charge in [0.1, 0.15) is 17.2 Å². The van der Waals surface area contributed by atoms with Gasteiger partial charge < -0.3 is 15.4 Å². The van der Waals surface area contributed by atoms with Crippen LogP contribution in [0, 0.1) is 12.8 Å². The number of hydrogen-bond donors (Lipinski definition) is 2. The molecule has 10 nitrogen and oxygen atoms in total. The molecule has 0 saturated heterocycles. The molecule has 1 atom stereocenters. The number of nitrogens with one attached hydrogen (secondary N) is 2. The Hall–Kier alpha value is -2.93. The lowest BCUT2D eigenvalue weighted by Gasteiger charge is -2.16. The summed E-state index contributed by atoms with van der Waals surface area (Å²) in [5.41, 5.74) is 2.19. The Morgan fingerprint density at radius 1 is 1.25 bits per heavy atom. The molecule has 1 aromatic carbocycles. The maximum atomic E-state index is 13.8. The number of imidazole rings is 1. The van der Waals surface area contributed by atoms with Crippen molar-refractivity contribution in [2.45, 2.75) is 26.2 Å². The zero-order chi connectivity index (χ0) is 25.6. The van der Waals surface area contributed by atoms with E-state index < -0.39 is 6.43 Å². The summed E-state index contributed by atoms with van der Waals surface area (Å²) < 4.78 is 36.4. The molecule has 0 spiro atoms. The van der Waals surface area contributed by atoms with Crippen LogP contribution in [-0.4, -0.2) is 42.1 Å². The minimum Gasteiger partial charge on any atom is -0.494 e. The summed E-state index contributed by atoms with van der Waals surface area (Å²) in [5, 5.41) is 10.4. The fourth-order valence-electron chi connectivity index (χ4n) is 3.95. The summed E-state index contributed by atoms with van der Waals surface area (Å²) in [6.07, 6.45) is -1.19. The number of carbonyl (C=O) groups is 1. The zero-order valence-electron chi connectivity index (χ0n) is 19.5. The number of halogens is 3. The van der Waals surface area contributed by atoms with Gasteiger partial charge in [0, 0.05) is 19.0 Å². The number of benzene rings is 1. The monoisotopic (exact) mass is 626 g/mol. The molecule has 1 saturated carbocycles. The Morgan fingerprint density at radius 2 is 2.03 bits per heavy atom. The van der Waals surface area contributed by atoms with Crippen molar-refractivity contribution in [3.8, 4) is 17.1 Å². The van der Waals surface area contributed by atoms with E-state index in [4.69, 9.17) is 4.74 Å². The zero-order valence-corrected chi connectivity index (χ0v) is 22.7. The van der Waals surface area contributed by atoms with E-state index in [0.29, 0.717) is 34.3 Å². The molecule has 36 heavy (non-hydrogen) atoms. The van der Waals surface area contributed by atoms with Crippen molar-refractivity contribution in [3.05, 3.63) is 35.9 Å². The molecule has 1 unspecified atom stereocenters. The van der Waals surface area contributed by atoms with Gasteiger partial charge in [0.25, 0.3) is 6.43 Å². The van der Waals surface area contributed by atoms with Crippen LogP contribution in [0.1, 0.15) is 30.9 Å². The third-order valence-corrected chi connectivity index (χ3v) is 7.78. The number of aromatic nitrogens is 6. The number of fused-ring (bicyclic) bond motifs is 1. The number of pyridine rings is 1. The fourth-order valence-corrected chi connectivity index (χ4v) is 5.85. The van der Waals surface area contributed by atoms with Crippen molar-refractivity contribution in [3.63, 3.8) is 0 Å². The molecule has 0 aliphatic heterocycles. The van der Waals surface area contributed by atoms with Crippen LogP contribution in [0.2, 0.25) is 0 Å². The van der Waals surface area contributed by atoms with E-state index in [2.05, 4.69) is 30.7 Å². The van der Waals surface area contributed by atoms with Gasteiger partial charge in [0.2, 0.25) is 5.91 Å². The lowest BCUT2D eigenvalue weighted by Crippen LogP contribution is -2.14. The quantitative estimate of drug-likeness (QED) is 0.200. The lowest BCUT2D eigenvalue weighted by atomic mass is 10.1. The molecule has 0 bridgehead atoms. The van der Waals surface area contributed by atoms with Gasteiger partial charge in [-0.1, -0.05) is 6.07 Å². The van der Waals surface area contributed by atoms with Crippen LogP contribution >= 0.6 is 28.4 Å². The van der Waals surface area contributed by atoms with Crippen molar-refractivity contribution in [2.75, 3.05) is 17.7 Å². The van der Waals surface area contributed by atoms with Gasteiger partial charge in [-0.3, -0.25) is 9.13 Å². The third-order valence-electron chi connectivity index (χ3n) is 5.72. The fraction of sp³-hybridized carbons (Fsp3) is 0.318. The van der Waals surface area contributed by atoms with E-state index in [9.17, 15) is 13.6 Å². The van der Waals surface area contributed by atoms with E-state index in [0.717, 1.165) is 12.8 Å². The summed E-state index contributed by atoms with van der Waals surface area (Å²) in [5.74, 6) is 1.42. The number of methoxy groups -OCH3 is 1. The number of para-hydroxylation sites is 1. The lowest BCUT2D eigenvalue weighted by molar-refractivity contribution is -0.117. The topological polar surface area (TPSA) is 112 Å². The van der Waals surface area contributed by atoms with Gasteiger partial charge >= 0.3 is 0 Å². The van der Waals surface area contributed by atoms with Gasteiger partial charge in [0.15, 0.2) is 23.0 Å². The van der Waals surface area contributed by atoms with Gasteiger partial charge in [-0.2, -0.15) is 5.10 Å². The predicted molar refractivity (Wildman–Crippen MR) is 143 cm³/mol. The highest BCUT2D eigenvalue weighted by Gasteiger charge is 2.30. The minimum absolute atomic E-state index is 0.0430. The average molecular weight is 626 g/mol. The standard InChI is InChI=1S/C22H22F2IN8O2P/c1-10-26-19(32(2)31-10)12-5-4-6-13(17(12)35-3)27-14-9-15(29-22(34)11-7-8-11)28-20-16(14)30-21(18(23)24)33(20)36-25/h4-6,9,11,18,36H,7-8H2,1-3H3,(H2,27,28,29,34). The van der Waals surface area contributed by atoms with Gasteiger partial charge in [-0.25, -0.2) is 28.4 Å². The molecular weight excluding hydrogens is 604 g/mol. The van der Waals surface area contributed by atoms with Crippen LogP contribution in [0.4, 0.5) is 26.0 Å². The summed E-state index contributed by atoms with van der Waals surface area (Å²) in [7, 11) is 3.33. The van der Waals surface area contributed by atoms with Crippen molar-refractivity contribution in [1.82, 2.24) is 29.1 Å². The predicted octanol–water partition coefficient (Wildman–Crippen LogP) is 5.37. The Bertz CT molecular complexity index is 1470. The highest BCUT2D eigenvalue weighted by atomic mass is 127. The molecule has 3 heterocycles. The third kappa shape index (κ3) is 4.61. The van der Waals surface area contributed by atoms with Crippen molar-refractivity contribution in [1.29, 1.82) is 0 Å². The number of ether oxygens (including phenoxy) is 1. The highest BCUT2D eigenvalue weighted by Crippen LogP contribution is 2.41. The summed E-state index contributed by atoms with van der Waals surface area (Å²) in [6, 6.07) is 7.08. The number of amides is 1. The maximum Gasteiger partial charge on any atom is 0.295 e. The molecule has 3 aromatic heterocycles. The number of carbonyl (C=O) groups excluding carboxylic acids is 1. The van der Waals surface area contributed by atoms with Crippen molar-refractivity contribution < 1.29 is 18.3 Å². The average Bonchev–Trinajstić information content (AvgIpc) is 3.55. The molecule has 14 heteroatoms. The van der Waals surface area contributed by atoms with Crippen LogP contribution in [0.3, 0.4) is 0 Å². The molecule has 2 N–H and O–H groups in total. The number of alkyl halides is 2. The second-order valence-electron chi connectivity index (χ2n) is 8.30. The van der Waals surface area contributed by atoms with Crippen LogP contribution in [0.5, 0.6) is 5.75 Å². The molecule has 188 valence electrons. The molecular formula is C22H22F2IN8O2P. The highest BCUT2D eigenvalue weighted by molar-refractivity contribution is 14.2. The Kier molecular flexibility index (Phi) is 6.77. The Balaban J connectivity index is 1.64. The summed E-state index contributed by atoms with van der Waals surface area (Å²) in [4.78, 5) is 25.6. The number of rotatable bonds is 8. The van der Waals surface area contributed by atoms with Crippen molar-refractivity contribution >= 4 is 62.7 Å². The molecule has 1 amide bonds. The van der Waals surface area contributed by atoms with E-state index >= 15 is 0 Å². The van der Waals surface area contributed by atoms with Gasteiger partial charge in [0.05, 0.1) is 30.4 Å². The number of anilines is 3. The molecule has 1 fully saturated rings. The molecule has 1 aliphatic rings. The van der Waals surface area contributed by atoms with E-state index in [-0.39, 0.29) is 41.0 Å². The number of aryl methyl sites for hydroxylation is 2. The van der Waals surface area contributed by atoms with E-state index in [1.54, 1.807) is 30.8 Å². The Labute approximate surface area is 219 Å². The second kappa shape index (κ2) is 9.85. The first-order valence-electron chi connectivity index (χ1n) is 11.0. The normalized spacial score (nSPS) is 13.8. The first-order chi connectivity index (χ1) is 17.3.